The van der Waals surface area contributed by atoms with Gasteiger partial charge in [0.1, 0.15) is 0 Å². The minimum Gasteiger partial charge on any atom is -0.327 e. The molecule has 1 heterocycles. The van der Waals surface area contributed by atoms with Crippen LogP contribution in [-0.2, 0) is 4.79 Å². The highest BCUT2D eigenvalue weighted by atomic mass is 32.2. The van der Waals surface area contributed by atoms with Crippen molar-refractivity contribution in [2.24, 2.45) is 5.73 Å². The van der Waals surface area contributed by atoms with E-state index in [4.69, 9.17) is 5.73 Å². The molecule has 0 aliphatic carbocycles. The van der Waals surface area contributed by atoms with E-state index in [0.29, 0.717) is 6.42 Å². The number of nitrogens with two attached hydrogens (primary N) is 1. The van der Waals surface area contributed by atoms with Crippen molar-refractivity contribution < 1.29 is 4.79 Å². The predicted octanol–water partition coefficient (Wildman–Crippen LogP) is -0.0228. The lowest BCUT2D eigenvalue weighted by Gasteiger charge is -1.89. The fourth-order valence-corrected chi connectivity index (χ4v) is 1.38. The van der Waals surface area contributed by atoms with Crippen LogP contribution in [0.25, 0.3) is 0 Å². The second-order valence-corrected chi connectivity index (χ2v) is 2.72. The number of hydrogen-bond acceptors (Lipinski definition) is 3. The zero-order chi connectivity index (χ0) is 5.28. The standard InChI is InChI=1S/C4H7NOS/c5-3-1-4(6)7-2-3/h3H,1-2,5H2. The van der Waals surface area contributed by atoms with Gasteiger partial charge in [0.25, 0.3) is 0 Å². The molecule has 1 saturated heterocycles. The van der Waals surface area contributed by atoms with Gasteiger partial charge in [-0.3, -0.25) is 4.79 Å². The molecule has 0 amide bonds. The minimum absolute atomic E-state index is 0.137. The van der Waals surface area contributed by atoms with Gasteiger partial charge in [0, 0.05) is 18.2 Å². The van der Waals surface area contributed by atoms with E-state index in [1.54, 1.807) is 0 Å². The van der Waals surface area contributed by atoms with Crippen molar-refractivity contribution in [1.29, 1.82) is 0 Å². The molecule has 0 radical (unpaired) electrons. The molecule has 0 aromatic heterocycles. The van der Waals surface area contributed by atoms with Crippen molar-refractivity contribution in [3.05, 3.63) is 0 Å². The SMILES string of the molecule is NC1CSC(=O)C1. The molecule has 2 N–H and O–H groups in total. The molecule has 1 fully saturated rings. The fraction of sp³-hybridized carbons (Fsp3) is 0.750. The molecule has 0 bridgehead atoms. The van der Waals surface area contributed by atoms with Gasteiger partial charge in [0.2, 0.25) is 0 Å². The van der Waals surface area contributed by atoms with Gasteiger partial charge >= 0.3 is 0 Å². The Hall–Kier alpha value is -0.0200. The Bertz CT molecular complexity index is 93.7. The lowest BCUT2D eigenvalue weighted by Crippen LogP contribution is -2.17. The van der Waals surface area contributed by atoms with Gasteiger partial charge in [0.15, 0.2) is 5.12 Å². The monoisotopic (exact) mass is 117 g/mol. The maximum atomic E-state index is 10.3. The lowest BCUT2D eigenvalue weighted by atomic mass is 10.3. The Kier molecular flexibility index (Phi) is 1.35. The molecule has 3 heteroatoms. The second kappa shape index (κ2) is 1.84. The highest BCUT2D eigenvalue weighted by Gasteiger charge is 2.17. The average Bonchev–Trinajstić information content (AvgIpc) is 1.87. The molecule has 1 atom stereocenters. The van der Waals surface area contributed by atoms with E-state index in [1.807, 2.05) is 0 Å². The highest BCUT2D eigenvalue weighted by Crippen LogP contribution is 2.16. The number of hydrogen-bond donors (Lipinski definition) is 1. The van der Waals surface area contributed by atoms with Crippen molar-refractivity contribution in [3.63, 3.8) is 0 Å². The topological polar surface area (TPSA) is 43.1 Å². The van der Waals surface area contributed by atoms with Crippen molar-refractivity contribution in [2.75, 3.05) is 5.75 Å². The van der Waals surface area contributed by atoms with Crippen molar-refractivity contribution >= 4 is 16.9 Å². The van der Waals surface area contributed by atoms with Crippen LogP contribution in [0.4, 0.5) is 0 Å². The van der Waals surface area contributed by atoms with Gasteiger partial charge in [-0.15, -0.1) is 0 Å². The molecular formula is C4H7NOS. The van der Waals surface area contributed by atoms with E-state index >= 15 is 0 Å². The summed E-state index contributed by atoms with van der Waals surface area (Å²) in [5, 5.41) is 0.243. The zero-order valence-corrected chi connectivity index (χ0v) is 4.70. The number of thioether (sulfide) groups is 1. The normalized spacial score (nSPS) is 31.6. The summed E-state index contributed by atoms with van der Waals surface area (Å²) in [5.41, 5.74) is 5.38. The van der Waals surface area contributed by atoms with Crippen LogP contribution in [0, 0.1) is 0 Å². The lowest BCUT2D eigenvalue weighted by molar-refractivity contribution is -0.110. The first kappa shape index (κ1) is 5.12. The van der Waals surface area contributed by atoms with Crippen LogP contribution in [0.2, 0.25) is 0 Å². The quantitative estimate of drug-likeness (QED) is 0.485. The summed E-state index contributed by atoms with van der Waals surface area (Å²) in [7, 11) is 0. The van der Waals surface area contributed by atoms with Gasteiger partial charge in [-0.1, -0.05) is 11.8 Å². The van der Waals surface area contributed by atoms with E-state index in [1.165, 1.54) is 11.8 Å². The van der Waals surface area contributed by atoms with Crippen LogP contribution in [0.15, 0.2) is 0 Å². The third kappa shape index (κ3) is 1.17. The molecule has 1 unspecified atom stereocenters. The van der Waals surface area contributed by atoms with Crippen LogP contribution in [0.1, 0.15) is 6.42 Å². The molecule has 2 nitrogen and oxygen atoms in total. The molecule has 7 heavy (non-hydrogen) atoms. The third-order valence-corrected chi connectivity index (χ3v) is 1.97. The van der Waals surface area contributed by atoms with Crippen molar-refractivity contribution in [1.82, 2.24) is 0 Å². The van der Waals surface area contributed by atoms with Gasteiger partial charge < -0.3 is 5.73 Å². The molecule has 40 valence electrons. The van der Waals surface area contributed by atoms with E-state index in [-0.39, 0.29) is 11.2 Å². The Morgan fingerprint density at radius 2 is 2.57 bits per heavy atom. The first-order valence-electron chi connectivity index (χ1n) is 2.20. The molecule has 0 aromatic carbocycles. The number of carbonyl (C=O) groups is 1. The number of carbonyl (C=O) groups excluding carboxylic acids is 1. The van der Waals surface area contributed by atoms with Crippen molar-refractivity contribution in [2.45, 2.75) is 12.5 Å². The van der Waals surface area contributed by atoms with E-state index in [2.05, 4.69) is 0 Å². The third-order valence-electron chi connectivity index (χ3n) is 0.887. The molecular weight excluding hydrogens is 110 g/mol. The minimum atomic E-state index is 0.137. The average molecular weight is 117 g/mol. The molecule has 0 saturated carbocycles. The van der Waals surface area contributed by atoms with Crippen LogP contribution >= 0.6 is 11.8 Å². The Labute approximate surface area is 46.5 Å². The first-order valence-corrected chi connectivity index (χ1v) is 3.19. The Morgan fingerprint density at radius 1 is 1.86 bits per heavy atom. The Balaban J connectivity index is 2.40. The molecule has 0 aromatic rings. The van der Waals surface area contributed by atoms with Crippen LogP contribution in [0.5, 0.6) is 0 Å². The van der Waals surface area contributed by atoms with Gasteiger partial charge in [0.05, 0.1) is 0 Å². The predicted molar refractivity (Wildman–Crippen MR) is 30.1 cm³/mol. The van der Waals surface area contributed by atoms with Gasteiger partial charge in [-0.05, 0) is 0 Å². The summed E-state index contributed by atoms with van der Waals surface area (Å²) < 4.78 is 0. The smallest absolute Gasteiger partial charge is 0.190 e. The van der Waals surface area contributed by atoms with Crippen LogP contribution in [-0.4, -0.2) is 16.9 Å². The summed E-state index contributed by atoms with van der Waals surface area (Å²) in [5.74, 6) is 0.818. The van der Waals surface area contributed by atoms with Crippen LogP contribution < -0.4 is 5.73 Å². The van der Waals surface area contributed by atoms with E-state index in [0.717, 1.165) is 5.75 Å². The summed E-state index contributed by atoms with van der Waals surface area (Å²) in [6.45, 7) is 0. The van der Waals surface area contributed by atoms with Gasteiger partial charge in [-0.25, -0.2) is 0 Å². The second-order valence-electron chi connectivity index (χ2n) is 1.65. The molecule has 1 aliphatic heterocycles. The number of rotatable bonds is 0. The molecule has 1 rings (SSSR count). The summed E-state index contributed by atoms with van der Waals surface area (Å²) in [4.78, 5) is 10.3. The maximum absolute atomic E-state index is 10.3. The maximum Gasteiger partial charge on any atom is 0.190 e. The molecule has 0 spiro atoms. The van der Waals surface area contributed by atoms with Gasteiger partial charge in [-0.2, -0.15) is 0 Å². The molecule has 1 aliphatic rings. The largest absolute Gasteiger partial charge is 0.327 e. The summed E-state index contributed by atoms with van der Waals surface area (Å²) >= 11 is 1.34. The summed E-state index contributed by atoms with van der Waals surface area (Å²) in [6, 6.07) is 0.137. The summed E-state index contributed by atoms with van der Waals surface area (Å²) in [6.07, 6.45) is 0.574. The highest BCUT2D eigenvalue weighted by molar-refractivity contribution is 8.14. The van der Waals surface area contributed by atoms with E-state index in [9.17, 15) is 4.79 Å². The zero-order valence-electron chi connectivity index (χ0n) is 3.89. The van der Waals surface area contributed by atoms with Crippen molar-refractivity contribution in [3.8, 4) is 0 Å². The van der Waals surface area contributed by atoms with Crippen LogP contribution in [0.3, 0.4) is 0 Å². The first-order chi connectivity index (χ1) is 3.29. The Morgan fingerprint density at radius 3 is 2.71 bits per heavy atom. The van der Waals surface area contributed by atoms with E-state index < -0.39 is 0 Å². The fourth-order valence-electron chi connectivity index (χ4n) is 0.532.